The Balaban J connectivity index is 2.13. The topological polar surface area (TPSA) is 55.3 Å². The molecule has 2 aromatic rings. The van der Waals surface area contributed by atoms with Crippen LogP contribution >= 0.6 is 15.9 Å². The molecule has 5 nitrogen and oxygen atoms in total. The summed E-state index contributed by atoms with van der Waals surface area (Å²) < 4.78 is 6.51. The highest BCUT2D eigenvalue weighted by Crippen LogP contribution is 2.24. The van der Waals surface area contributed by atoms with E-state index >= 15 is 0 Å². The van der Waals surface area contributed by atoms with E-state index < -0.39 is 0 Å². The van der Waals surface area contributed by atoms with Gasteiger partial charge in [0.25, 0.3) is 5.91 Å². The quantitative estimate of drug-likeness (QED) is 0.739. The van der Waals surface area contributed by atoms with Gasteiger partial charge in [-0.3, -0.25) is 4.79 Å². The van der Waals surface area contributed by atoms with Crippen LogP contribution in [0, 0.1) is 0 Å². The molecule has 22 heavy (non-hydrogen) atoms. The van der Waals surface area contributed by atoms with Crippen LogP contribution in [0.2, 0.25) is 0 Å². The minimum atomic E-state index is -0.0905. The van der Waals surface area contributed by atoms with Gasteiger partial charge in [-0.2, -0.15) is 0 Å². The minimum Gasteiger partial charge on any atom is -0.467 e. The standard InChI is InChI=1S/C16H18BrN3O2/c1-4-20(8-11(2)3)15(21)9-22-16-13-7-12(17)5-6-14(13)18-10-19-16/h5-7,10H,2,4,8-9H2,1,3H3. The van der Waals surface area contributed by atoms with Gasteiger partial charge in [-0.15, -0.1) is 0 Å². The molecule has 1 amide bonds. The van der Waals surface area contributed by atoms with Gasteiger partial charge >= 0.3 is 0 Å². The molecule has 1 aromatic carbocycles. The van der Waals surface area contributed by atoms with Gasteiger partial charge in [0.2, 0.25) is 5.88 Å². The van der Waals surface area contributed by atoms with E-state index in [-0.39, 0.29) is 12.5 Å². The Labute approximate surface area is 138 Å². The number of amides is 1. The first-order valence-corrected chi connectivity index (χ1v) is 7.75. The molecule has 0 unspecified atom stereocenters. The minimum absolute atomic E-state index is 0.0558. The van der Waals surface area contributed by atoms with E-state index in [0.29, 0.717) is 19.0 Å². The summed E-state index contributed by atoms with van der Waals surface area (Å²) in [4.78, 5) is 22.2. The highest BCUT2D eigenvalue weighted by atomic mass is 79.9. The fourth-order valence-electron chi connectivity index (χ4n) is 2.04. The summed E-state index contributed by atoms with van der Waals surface area (Å²) in [7, 11) is 0. The number of halogens is 1. The second kappa shape index (κ2) is 7.35. The number of likely N-dealkylation sites (N-methyl/N-ethyl adjacent to an activating group) is 1. The molecule has 116 valence electrons. The Morgan fingerprint density at radius 3 is 2.86 bits per heavy atom. The number of aromatic nitrogens is 2. The van der Waals surface area contributed by atoms with Gasteiger partial charge in [0.05, 0.1) is 10.9 Å². The Morgan fingerprint density at radius 2 is 2.18 bits per heavy atom. The molecule has 1 heterocycles. The second-order valence-electron chi connectivity index (χ2n) is 4.99. The largest absolute Gasteiger partial charge is 0.467 e. The third kappa shape index (κ3) is 4.04. The first-order valence-electron chi connectivity index (χ1n) is 6.96. The van der Waals surface area contributed by atoms with Crippen LogP contribution in [0.25, 0.3) is 10.9 Å². The predicted molar refractivity (Wildman–Crippen MR) is 89.8 cm³/mol. The normalized spacial score (nSPS) is 10.5. The highest BCUT2D eigenvalue weighted by Gasteiger charge is 2.14. The van der Waals surface area contributed by atoms with Crippen molar-refractivity contribution >= 4 is 32.7 Å². The summed E-state index contributed by atoms with van der Waals surface area (Å²) in [5, 5.41) is 0.771. The van der Waals surface area contributed by atoms with Gasteiger partial charge in [0.15, 0.2) is 6.61 Å². The number of fused-ring (bicyclic) bond motifs is 1. The fourth-order valence-corrected chi connectivity index (χ4v) is 2.40. The van der Waals surface area contributed by atoms with E-state index in [2.05, 4.69) is 32.5 Å². The number of ether oxygens (including phenoxy) is 1. The van der Waals surface area contributed by atoms with Crippen molar-refractivity contribution in [2.75, 3.05) is 19.7 Å². The lowest BCUT2D eigenvalue weighted by Crippen LogP contribution is -2.35. The van der Waals surface area contributed by atoms with Crippen LogP contribution in [0.5, 0.6) is 5.88 Å². The third-order valence-corrected chi connectivity index (χ3v) is 3.58. The molecule has 2 rings (SSSR count). The lowest BCUT2D eigenvalue weighted by atomic mass is 10.2. The summed E-state index contributed by atoms with van der Waals surface area (Å²) in [5.41, 5.74) is 1.71. The Hall–Kier alpha value is -1.95. The average molecular weight is 364 g/mol. The molecule has 0 saturated carbocycles. The Bertz CT molecular complexity index is 703. The summed E-state index contributed by atoms with van der Waals surface area (Å²) in [6.07, 6.45) is 1.43. The van der Waals surface area contributed by atoms with Crippen molar-refractivity contribution in [1.82, 2.24) is 14.9 Å². The van der Waals surface area contributed by atoms with Crippen molar-refractivity contribution < 1.29 is 9.53 Å². The molecule has 0 atom stereocenters. The van der Waals surface area contributed by atoms with Crippen molar-refractivity contribution in [2.24, 2.45) is 0 Å². The SMILES string of the molecule is C=C(C)CN(CC)C(=O)COc1ncnc2ccc(Br)cc12. The molecule has 0 fully saturated rings. The van der Waals surface area contributed by atoms with Crippen molar-refractivity contribution in [1.29, 1.82) is 0 Å². The Kier molecular flexibility index (Phi) is 5.49. The van der Waals surface area contributed by atoms with Gasteiger partial charge in [-0.05, 0) is 32.0 Å². The van der Waals surface area contributed by atoms with E-state index in [1.54, 1.807) is 4.90 Å². The van der Waals surface area contributed by atoms with Crippen molar-refractivity contribution in [2.45, 2.75) is 13.8 Å². The van der Waals surface area contributed by atoms with E-state index in [1.165, 1.54) is 6.33 Å². The lowest BCUT2D eigenvalue weighted by Gasteiger charge is -2.21. The van der Waals surface area contributed by atoms with Crippen LogP contribution in [0.1, 0.15) is 13.8 Å². The van der Waals surface area contributed by atoms with Crippen molar-refractivity contribution in [3.05, 3.63) is 41.2 Å². The zero-order valence-corrected chi connectivity index (χ0v) is 14.3. The van der Waals surface area contributed by atoms with E-state index in [9.17, 15) is 4.79 Å². The molecule has 0 aliphatic carbocycles. The van der Waals surface area contributed by atoms with Crippen LogP contribution in [0.4, 0.5) is 0 Å². The molecular formula is C16H18BrN3O2. The lowest BCUT2D eigenvalue weighted by molar-refractivity contribution is -0.132. The van der Waals surface area contributed by atoms with E-state index in [4.69, 9.17) is 4.74 Å². The van der Waals surface area contributed by atoms with Gasteiger partial charge in [-0.25, -0.2) is 9.97 Å². The number of hydrogen-bond donors (Lipinski definition) is 0. The average Bonchev–Trinajstić information content (AvgIpc) is 2.50. The van der Waals surface area contributed by atoms with E-state index in [1.807, 2.05) is 32.0 Å². The molecule has 0 N–H and O–H groups in total. The van der Waals surface area contributed by atoms with E-state index in [0.717, 1.165) is 20.9 Å². The van der Waals surface area contributed by atoms with Crippen molar-refractivity contribution in [3.8, 4) is 5.88 Å². The van der Waals surface area contributed by atoms with Crippen LogP contribution in [-0.2, 0) is 4.79 Å². The molecule has 0 bridgehead atoms. The van der Waals surface area contributed by atoms with Crippen LogP contribution in [-0.4, -0.2) is 40.5 Å². The summed E-state index contributed by atoms with van der Waals surface area (Å²) >= 11 is 3.41. The molecule has 0 spiro atoms. The van der Waals surface area contributed by atoms with Crippen LogP contribution in [0.15, 0.2) is 41.2 Å². The fraction of sp³-hybridized carbons (Fsp3) is 0.312. The summed E-state index contributed by atoms with van der Waals surface area (Å²) in [6.45, 7) is 8.75. The Morgan fingerprint density at radius 1 is 1.41 bits per heavy atom. The van der Waals surface area contributed by atoms with Gasteiger partial charge in [0, 0.05) is 17.6 Å². The number of carbonyl (C=O) groups excluding carboxylic acids is 1. The first-order chi connectivity index (χ1) is 10.5. The molecule has 0 radical (unpaired) electrons. The molecular weight excluding hydrogens is 346 g/mol. The number of carbonyl (C=O) groups is 1. The molecule has 0 aliphatic heterocycles. The monoisotopic (exact) mass is 363 g/mol. The van der Waals surface area contributed by atoms with Gasteiger partial charge in [-0.1, -0.05) is 28.1 Å². The zero-order chi connectivity index (χ0) is 16.1. The van der Waals surface area contributed by atoms with Crippen molar-refractivity contribution in [3.63, 3.8) is 0 Å². The number of benzene rings is 1. The van der Waals surface area contributed by atoms with Crippen LogP contribution in [0.3, 0.4) is 0 Å². The molecule has 0 saturated heterocycles. The number of rotatable bonds is 6. The maximum Gasteiger partial charge on any atom is 0.260 e. The summed E-state index contributed by atoms with van der Waals surface area (Å²) in [5.74, 6) is 0.318. The maximum atomic E-state index is 12.2. The zero-order valence-electron chi connectivity index (χ0n) is 12.7. The molecule has 1 aromatic heterocycles. The molecule has 0 aliphatic rings. The highest BCUT2D eigenvalue weighted by molar-refractivity contribution is 9.10. The van der Waals surface area contributed by atoms with Crippen LogP contribution < -0.4 is 4.74 Å². The second-order valence-corrected chi connectivity index (χ2v) is 5.91. The smallest absolute Gasteiger partial charge is 0.260 e. The maximum absolute atomic E-state index is 12.2. The van der Waals surface area contributed by atoms with Gasteiger partial charge < -0.3 is 9.64 Å². The van der Waals surface area contributed by atoms with Gasteiger partial charge in [0.1, 0.15) is 6.33 Å². The third-order valence-electron chi connectivity index (χ3n) is 3.09. The molecule has 6 heteroatoms. The predicted octanol–water partition coefficient (Wildman–Crippen LogP) is 3.20. The first kappa shape index (κ1) is 16.4. The number of hydrogen-bond acceptors (Lipinski definition) is 4. The summed E-state index contributed by atoms with van der Waals surface area (Å²) in [6, 6.07) is 5.64. The number of nitrogens with zero attached hydrogens (tertiary/aromatic N) is 3.